The number of β-lactam (4-membered cyclic amide) rings is 1. The molecule has 32 heavy (non-hydrogen) atoms. The lowest BCUT2D eigenvalue weighted by molar-refractivity contribution is -0.157. The van der Waals surface area contributed by atoms with Gasteiger partial charge < -0.3 is 14.7 Å². The van der Waals surface area contributed by atoms with Crippen molar-refractivity contribution >= 4 is 34.4 Å². The number of hydrogen-bond donors (Lipinski definition) is 1. The first-order chi connectivity index (χ1) is 14.8. The van der Waals surface area contributed by atoms with Gasteiger partial charge in [0.15, 0.2) is 17.6 Å². The van der Waals surface area contributed by atoms with Gasteiger partial charge in [-0.3, -0.25) is 9.69 Å². The quantitative estimate of drug-likeness (QED) is 0.384. The van der Waals surface area contributed by atoms with Crippen LogP contribution in [0.2, 0.25) is 0 Å². The van der Waals surface area contributed by atoms with Crippen molar-refractivity contribution in [2.45, 2.75) is 31.0 Å². The van der Waals surface area contributed by atoms with Gasteiger partial charge in [-0.25, -0.2) is 4.79 Å². The Bertz CT molecular complexity index is 1100. The Morgan fingerprint density at radius 1 is 1.06 bits per heavy atom. The largest absolute Gasteiger partial charge is 0.448 e. The van der Waals surface area contributed by atoms with Crippen LogP contribution in [0.4, 0.5) is 0 Å². The highest BCUT2D eigenvalue weighted by Crippen LogP contribution is 2.38. The number of esters is 1. The van der Waals surface area contributed by atoms with Gasteiger partial charge in [0, 0.05) is 6.42 Å². The van der Waals surface area contributed by atoms with Gasteiger partial charge in [0.2, 0.25) is 5.91 Å². The predicted molar refractivity (Wildman–Crippen MR) is 119 cm³/mol. The van der Waals surface area contributed by atoms with Gasteiger partial charge in [0.05, 0.1) is 12.3 Å². The van der Waals surface area contributed by atoms with Gasteiger partial charge >= 0.3 is 16.1 Å². The predicted octanol–water partition coefficient (Wildman–Crippen LogP) is 2.26. The number of hydrogen-bond acceptors (Lipinski definition) is 7. The maximum atomic E-state index is 13.3. The summed E-state index contributed by atoms with van der Waals surface area (Å²) in [6.07, 6.45) is 0.679. The third kappa shape index (κ3) is 4.64. The molecule has 2 aliphatic rings. The van der Waals surface area contributed by atoms with E-state index in [-0.39, 0.29) is 30.3 Å². The molecular weight excluding hydrogens is 456 g/mol. The molecule has 1 amide bonds. The van der Waals surface area contributed by atoms with Crippen molar-refractivity contribution in [3.05, 3.63) is 83.2 Å². The first-order valence-corrected chi connectivity index (χ1v) is 11.6. The van der Waals surface area contributed by atoms with E-state index in [1.807, 2.05) is 60.7 Å². The van der Waals surface area contributed by atoms with E-state index in [0.29, 0.717) is 6.42 Å². The zero-order valence-electron chi connectivity index (χ0n) is 17.2. The smallest absolute Gasteiger partial charge is 0.359 e. The minimum atomic E-state index is -3.91. The second-order valence-electron chi connectivity index (χ2n) is 7.51. The second-order valence-corrected chi connectivity index (χ2v) is 9.08. The maximum Gasteiger partial charge on any atom is 0.359 e. The molecule has 0 radical (unpaired) electrons. The highest BCUT2D eigenvalue weighted by atomic mass is 35.5. The summed E-state index contributed by atoms with van der Waals surface area (Å²) in [7, 11) is -3.91. The minimum absolute atomic E-state index is 0. The van der Waals surface area contributed by atoms with E-state index < -0.39 is 40.2 Å². The molecule has 0 aliphatic carbocycles. The Morgan fingerprint density at radius 3 is 2.09 bits per heavy atom. The van der Waals surface area contributed by atoms with E-state index in [1.54, 1.807) is 0 Å². The van der Waals surface area contributed by atoms with E-state index in [4.69, 9.17) is 14.7 Å². The molecule has 4 rings (SSSR count). The number of amides is 1. The molecule has 2 aromatic rings. The van der Waals surface area contributed by atoms with Gasteiger partial charge in [-0.2, -0.15) is 8.42 Å². The van der Waals surface area contributed by atoms with Crippen LogP contribution in [0.5, 0.6) is 0 Å². The molecule has 0 spiro atoms. The summed E-state index contributed by atoms with van der Waals surface area (Å²) in [5.41, 5.74) is 7.12. The zero-order valence-corrected chi connectivity index (χ0v) is 18.8. The first-order valence-electron chi connectivity index (χ1n) is 9.78. The molecule has 0 bridgehead atoms. The van der Waals surface area contributed by atoms with Crippen molar-refractivity contribution < 1.29 is 26.9 Å². The Morgan fingerprint density at radius 2 is 1.59 bits per heavy atom. The van der Waals surface area contributed by atoms with Crippen LogP contribution in [0.3, 0.4) is 0 Å². The van der Waals surface area contributed by atoms with Crippen molar-refractivity contribution in [2.75, 3.05) is 6.26 Å². The van der Waals surface area contributed by atoms with Crippen molar-refractivity contribution in [1.29, 1.82) is 0 Å². The molecule has 1 saturated heterocycles. The van der Waals surface area contributed by atoms with E-state index in [2.05, 4.69) is 0 Å². The average molecular weight is 479 g/mol. The lowest BCUT2D eigenvalue weighted by Gasteiger charge is -2.48. The van der Waals surface area contributed by atoms with E-state index in [9.17, 15) is 18.0 Å². The fraction of sp³-hybridized carbons (Fsp3) is 0.273. The molecule has 2 heterocycles. The molecule has 0 aromatic heterocycles. The van der Waals surface area contributed by atoms with Crippen LogP contribution in [0.25, 0.3) is 0 Å². The number of rotatable bonds is 6. The summed E-state index contributed by atoms with van der Waals surface area (Å²) < 4.78 is 34.4. The van der Waals surface area contributed by atoms with Crippen molar-refractivity contribution in [1.82, 2.24) is 4.90 Å². The van der Waals surface area contributed by atoms with Crippen LogP contribution in [0.15, 0.2) is 72.1 Å². The molecule has 2 aliphatic heterocycles. The number of benzene rings is 2. The topological polar surface area (TPSA) is 116 Å². The Balaban J connectivity index is 0.00000289. The molecule has 1 fully saturated rings. The summed E-state index contributed by atoms with van der Waals surface area (Å²) in [5.74, 6) is -1.42. The number of halogens is 1. The zero-order chi connectivity index (χ0) is 22.2. The highest BCUT2D eigenvalue weighted by Gasteiger charge is 2.52. The highest BCUT2D eigenvalue weighted by molar-refractivity contribution is 7.86. The number of allylic oxidation sites excluding steroid dienone is 1. The monoisotopic (exact) mass is 478 g/mol. The van der Waals surface area contributed by atoms with E-state index >= 15 is 0 Å². The third-order valence-corrected chi connectivity index (χ3v) is 5.82. The summed E-state index contributed by atoms with van der Waals surface area (Å²) in [4.78, 5) is 26.9. The SMILES string of the molecule is CS(=O)(=O)OC1=C(C(=O)OC(c2ccccc2)c2ccccc2)N2C(=O)[C@@H](N)[C@@H]2CC1.Cl. The average Bonchev–Trinajstić information content (AvgIpc) is 2.76. The van der Waals surface area contributed by atoms with Crippen LogP contribution in [-0.2, 0) is 28.6 Å². The fourth-order valence-corrected chi connectivity index (χ4v) is 4.43. The molecule has 10 heteroatoms. The molecule has 2 N–H and O–H groups in total. The number of nitrogens with zero attached hydrogens (tertiary/aromatic N) is 1. The van der Waals surface area contributed by atoms with E-state index in [1.165, 1.54) is 4.90 Å². The van der Waals surface area contributed by atoms with Gasteiger partial charge in [-0.05, 0) is 17.5 Å². The van der Waals surface area contributed by atoms with Gasteiger partial charge in [-0.15, -0.1) is 12.4 Å². The third-order valence-electron chi connectivity index (χ3n) is 5.32. The van der Waals surface area contributed by atoms with Crippen LogP contribution < -0.4 is 5.73 Å². The molecular formula is C22H23ClN2O6S. The standard InChI is InChI=1S/C22H22N2O6S.ClH/c1-31(27,28)30-17-13-12-16-18(23)21(25)24(16)19(17)22(26)29-20(14-8-4-2-5-9-14)15-10-6-3-7-11-15;/h2-11,16,18,20H,12-13,23H2,1H3;1H/t16-,18-;/m0./s1. The maximum absolute atomic E-state index is 13.3. The van der Waals surface area contributed by atoms with Crippen LogP contribution in [0, 0.1) is 0 Å². The number of carbonyl (C=O) groups is 2. The van der Waals surface area contributed by atoms with Gasteiger partial charge in [-0.1, -0.05) is 60.7 Å². The summed E-state index contributed by atoms with van der Waals surface area (Å²) >= 11 is 0. The first kappa shape index (κ1) is 23.8. The lowest BCUT2D eigenvalue weighted by atomic mass is 9.86. The fourth-order valence-electron chi connectivity index (χ4n) is 3.91. The number of fused-ring (bicyclic) bond motifs is 1. The van der Waals surface area contributed by atoms with Crippen LogP contribution in [0.1, 0.15) is 30.1 Å². The number of carbonyl (C=O) groups excluding carboxylic acids is 2. The van der Waals surface area contributed by atoms with Crippen molar-refractivity contribution in [3.8, 4) is 0 Å². The van der Waals surface area contributed by atoms with Crippen molar-refractivity contribution in [2.24, 2.45) is 5.73 Å². The van der Waals surface area contributed by atoms with Gasteiger partial charge in [0.25, 0.3) is 0 Å². The Hall–Kier alpha value is -2.88. The lowest BCUT2D eigenvalue weighted by Crippen LogP contribution is -2.69. The second kappa shape index (κ2) is 9.32. The minimum Gasteiger partial charge on any atom is -0.448 e. The summed E-state index contributed by atoms with van der Waals surface area (Å²) in [5, 5.41) is 0. The normalized spacial score (nSPS) is 20.2. The molecule has 0 saturated carbocycles. The summed E-state index contributed by atoms with van der Waals surface area (Å²) in [6, 6.07) is 17.1. The van der Waals surface area contributed by atoms with Crippen LogP contribution >= 0.6 is 12.4 Å². The molecule has 2 aromatic carbocycles. The molecule has 2 atom stereocenters. The Kier molecular flexibility index (Phi) is 6.92. The van der Waals surface area contributed by atoms with Gasteiger partial charge in [0.1, 0.15) is 6.04 Å². The molecule has 0 unspecified atom stereocenters. The van der Waals surface area contributed by atoms with Crippen molar-refractivity contribution in [3.63, 3.8) is 0 Å². The summed E-state index contributed by atoms with van der Waals surface area (Å²) in [6.45, 7) is 0. The Labute approximate surface area is 192 Å². The molecule has 170 valence electrons. The van der Waals surface area contributed by atoms with E-state index in [0.717, 1.165) is 17.4 Å². The van der Waals surface area contributed by atoms with Crippen LogP contribution in [-0.4, -0.2) is 43.5 Å². The number of nitrogens with two attached hydrogens (primary N) is 1. The number of ether oxygens (including phenoxy) is 1. The molecule has 8 nitrogen and oxygen atoms in total.